The fourth-order valence-electron chi connectivity index (χ4n) is 1.06. The Bertz CT molecular complexity index is 434. The molecule has 0 fully saturated rings. The van der Waals surface area contributed by atoms with Crippen LogP contribution >= 0.6 is 69.1 Å². The Morgan fingerprint density at radius 2 is 1.83 bits per heavy atom. The first kappa shape index (κ1) is 9.54. The maximum atomic E-state index is 4.42. The van der Waals surface area contributed by atoms with Gasteiger partial charge < -0.3 is 0 Å². The van der Waals surface area contributed by atoms with E-state index in [2.05, 4.69) is 75.3 Å². The number of thiol groups is 1. The van der Waals surface area contributed by atoms with Gasteiger partial charge in [0.1, 0.15) is 0 Å². The van der Waals surface area contributed by atoms with E-state index in [-0.39, 0.29) is 0 Å². The van der Waals surface area contributed by atoms with E-state index >= 15 is 0 Å². The molecule has 1 heterocycles. The Balaban J connectivity index is 2.98. The number of hydrogen-bond acceptors (Lipinski definition) is 2. The Labute approximate surface area is 107 Å². The third kappa shape index (κ3) is 1.51. The lowest BCUT2D eigenvalue weighted by Crippen LogP contribution is -1.76. The predicted molar refractivity (Wildman–Crippen MR) is 74.5 cm³/mol. The minimum Gasteiger partial charge on any atom is -0.142 e. The second-order valence-corrected chi connectivity index (χ2v) is 6.04. The Kier molecular flexibility index (Phi) is 2.88. The van der Waals surface area contributed by atoms with Crippen molar-refractivity contribution in [2.24, 2.45) is 0 Å². The zero-order valence-corrected chi connectivity index (χ0v) is 11.9. The fraction of sp³-hybridized carbons (Fsp3) is 0. The highest BCUT2D eigenvalue weighted by Crippen LogP contribution is 2.35. The lowest BCUT2D eigenvalue weighted by Gasteiger charge is -1.97. The molecule has 1 aromatic heterocycles. The number of benzene rings is 1. The Morgan fingerprint density at radius 1 is 1.17 bits per heavy atom. The second kappa shape index (κ2) is 3.62. The first-order valence-corrected chi connectivity index (χ1v) is 6.73. The molecule has 4 heteroatoms. The van der Waals surface area contributed by atoms with Gasteiger partial charge in [-0.2, -0.15) is 0 Å². The van der Waals surface area contributed by atoms with Gasteiger partial charge >= 0.3 is 0 Å². The van der Waals surface area contributed by atoms with Gasteiger partial charge in [0, 0.05) is 27.5 Å². The van der Waals surface area contributed by atoms with Gasteiger partial charge in [-0.05, 0) is 57.3 Å². The second-order valence-electron chi connectivity index (χ2n) is 2.35. The van der Waals surface area contributed by atoms with E-state index in [0.29, 0.717) is 0 Å². The largest absolute Gasteiger partial charge is 0.142 e. The third-order valence-corrected chi connectivity index (χ3v) is 5.31. The highest BCUT2D eigenvalue weighted by molar-refractivity contribution is 14.1. The van der Waals surface area contributed by atoms with Crippen molar-refractivity contribution >= 4 is 79.2 Å². The van der Waals surface area contributed by atoms with Crippen LogP contribution in [0.4, 0.5) is 0 Å². The molecule has 0 aliphatic carbocycles. The molecule has 62 valence electrons. The van der Waals surface area contributed by atoms with Crippen LogP contribution in [0.1, 0.15) is 0 Å². The summed E-state index contributed by atoms with van der Waals surface area (Å²) in [5, 5.41) is 3.40. The molecule has 1 aromatic carbocycles. The van der Waals surface area contributed by atoms with Crippen LogP contribution in [0.25, 0.3) is 10.1 Å². The van der Waals surface area contributed by atoms with Crippen molar-refractivity contribution < 1.29 is 0 Å². The number of thiophene rings is 1. The van der Waals surface area contributed by atoms with Crippen LogP contribution in [0.15, 0.2) is 22.4 Å². The number of fused-ring (bicyclic) bond motifs is 1. The van der Waals surface area contributed by atoms with E-state index in [1.165, 1.54) is 17.2 Å². The zero-order valence-electron chi connectivity index (χ0n) is 5.84. The summed E-state index contributed by atoms with van der Waals surface area (Å²) < 4.78 is 3.95. The van der Waals surface area contributed by atoms with Gasteiger partial charge in [-0.1, -0.05) is 0 Å². The van der Waals surface area contributed by atoms with Crippen LogP contribution in [-0.2, 0) is 0 Å². The average Bonchev–Trinajstić information content (AvgIpc) is 2.42. The molecule has 0 amide bonds. The van der Waals surface area contributed by atoms with Crippen LogP contribution in [0.2, 0.25) is 0 Å². The smallest absolute Gasteiger partial charge is 0.0498 e. The summed E-state index contributed by atoms with van der Waals surface area (Å²) in [7, 11) is 0. The molecule has 12 heavy (non-hydrogen) atoms. The van der Waals surface area contributed by atoms with E-state index in [1.807, 2.05) is 0 Å². The topological polar surface area (TPSA) is 0 Å². The van der Waals surface area contributed by atoms with Gasteiger partial charge in [0.15, 0.2) is 0 Å². The van der Waals surface area contributed by atoms with Gasteiger partial charge in [0.2, 0.25) is 0 Å². The molecule has 0 unspecified atom stereocenters. The Morgan fingerprint density at radius 3 is 2.50 bits per heavy atom. The number of hydrogen-bond donors (Lipinski definition) is 1. The zero-order chi connectivity index (χ0) is 8.72. The monoisotopic (exact) mass is 418 g/mol. The molecular weight excluding hydrogens is 414 g/mol. The summed E-state index contributed by atoms with van der Waals surface area (Å²) in [6.45, 7) is 0. The molecule has 0 radical (unpaired) electrons. The normalized spacial score (nSPS) is 10.9. The molecule has 0 aliphatic rings. The number of rotatable bonds is 0. The van der Waals surface area contributed by atoms with Gasteiger partial charge in [-0.25, -0.2) is 0 Å². The van der Waals surface area contributed by atoms with Crippen LogP contribution in [-0.4, -0.2) is 0 Å². The quantitative estimate of drug-likeness (QED) is 0.476. The number of halogens is 2. The van der Waals surface area contributed by atoms with Gasteiger partial charge in [0.05, 0.1) is 0 Å². The van der Waals surface area contributed by atoms with Crippen molar-refractivity contribution in [3.8, 4) is 0 Å². The maximum Gasteiger partial charge on any atom is 0.0498 e. The van der Waals surface area contributed by atoms with E-state index in [9.17, 15) is 0 Å². The standard InChI is InChI=1S/C8H4I2S2/c9-4-1-2-5(10)8-7(4)6(11)3-12-8/h1-3,11H. The average molecular weight is 418 g/mol. The molecular formula is C8H4I2S2. The summed E-state index contributed by atoms with van der Waals surface area (Å²) in [5.74, 6) is 0. The van der Waals surface area contributed by atoms with E-state index in [1.54, 1.807) is 11.3 Å². The van der Waals surface area contributed by atoms with E-state index in [4.69, 9.17) is 0 Å². The van der Waals surface area contributed by atoms with Crippen LogP contribution in [0.3, 0.4) is 0 Å². The van der Waals surface area contributed by atoms with Crippen molar-refractivity contribution in [2.45, 2.75) is 4.90 Å². The highest BCUT2D eigenvalue weighted by atomic mass is 127. The molecule has 2 aromatic rings. The summed E-state index contributed by atoms with van der Waals surface area (Å²) in [4.78, 5) is 1.10. The van der Waals surface area contributed by atoms with Gasteiger partial charge in [-0.15, -0.1) is 24.0 Å². The minimum atomic E-state index is 1.10. The Hall–Kier alpha value is 0.990. The van der Waals surface area contributed by atoms with E-state index < -0.39 is 0 Å². The van der Waals surface area contributed by atoms with Gasteiger partial charge in [-0.3, -0.25) is 0 Å². The first-order chi connectivity index (χ1) is 5.70. The highest BCUT2D eigenvalue weighted by Gasteiger charge is 2.07. The summed E-state index contributed by atoms with van der Waals surface area (Å²) in [6, 6.07) is 4.28. The predicted octanol–water partition coefficient (Wildman–Crippen LogP) is 4.40. The molecule has 0 N–H and O–H groups in total. The summed E-state index contributed by atoms with van der Waals surface area (Å²) >= 11 is 10.9. The van der Waals surface area contributed by atoms with Crippen molar-refractivity contribution in [3.63, 3.8) is 0 Å². The fourth-order valence-corrected chi connectivity index (χ4v) is 4.36. The summed E-state index contributed by atoms with van der Waals surface area (Å²) in [5.41, 5.74) is 0. The molecule has 0 bridgehead atoms. The third-order valence-electron chi connectivity index (χ3n) is 1.60. The molecule has 0 aliphatic heterocycles. The molecule has 0 spiro atoms. The van der Waals surface area contributed by atoms with E-state index in [0.717, 1.165) is 4.90 Å². The maximum absolute atomic E-state index is 4.42. The minimum absolute atomic E-state index is 1.10. The van der Waals surface area contributed by atoms with Crippen LogP contribution in [0, 0.1) is 7.14 Å². The van der Waals surface area contributed by atoms with Gasteiger partial charge in [0.25, 0.3) is 0 Å². The molecule has 0 atom stereocenters. The molecule has 0 saturated carbocycles. The lowest BCUT2D eigenvalue weighted by molar-refractivity contribution is 1.63. The molecule has 0 nitrogen and oxygen atoms in total. The van der Waals surface area contributed by atoms with Crippen molar-refractivity contribution in [3.05, 3.63) is 24.7 Å². The van der Waals surface area contributed by atoms with Crippen molar-refractivity contribution in [2.75, 3.05) is 0 Å². The summed E-state index contributed by atoms with van der Waals surface area (Å²) in [6.07, 6.45) is 0. The lowest BCUT2D eigenvalue weighted by atomic mass is 10.3. The van der Waals surface area contributed by atoms with Crippen LogP contribution in [0.5, 0.6) is 0 Å². The molecule has 0 saturated heterocycles. The van der Waals surface area contributed by atoms with Crippen molar-refractivity contribution in [1.82, 2.24) is 0 Å². The van der Waals surface area contributed by atoms with Crippen LogP contribution < -0.4 is 0 Å². The SMILES string of the molecule is Sc1csc2c(I)ccc(I)c12. The first-order valence-electron chi connectivity index (χ1n) is 3.24. The van der Waals surface area contributed by atoms with Crippen molar-refractivity contribution in [1.29, 1.82) is 0 Å². The molecule has 2 rings (SSSR count).